The molecule has 0 saturated carbocycles. The molecule has 18 heavy (non-hydrogen) atoms. The summed E-state index contributed by atoms with van der Waals surface area (Å²) in [6.07, 6.45) is 2.28. The van der Waals surface area contributed by atoms with Gasteiger partial charge < -0.3 is 15.0 Å². The number of nitrogens with zero attached hydrogens (tertiary/aromatic N) is 2. The van der Waals surface area contributed by atoms with E-state index in [1.165, 1.54) is 0 Å². The van der Waals surface area contributed by atoms with Crippen LogP contribution in [0.3, 0.4) is 0 Å². The van der Waals surface area contributed by atoms with Crippen molar-refractivity contribution in [3.05, 3.63) is 0 Å². The van der Waals surface area contributed by atoms with Crippen molar-refractivity contribution in [1.29, 1.82) is 0 Å². The first-order valence-corrected chi connectivity index (χ1v) is 7.04. The van der Waals surface area contributed by atoms with Gasteiger partial charge in [0.05, 0.1) is 6.61 Å². The average molecular weight is 255 g/mol. The minimum atomic E-state index is -0.0770. The topological polar surface area (TPSA) is 44.8 Å². The molecule has 0 aromatic heterocycles. The molecule has 1 atom stereocenters. The summed E-state index contributed by atoms with van der Waals surface area (Å²) in [4.78, 5) is 16.7. The first-order chi connectivity index (χ1) is 8.72. The first kappa shape index (κ1) is 13.8. The van der Waals surface area contributed by atoms with Crippen LogP contribution in [0.15, 0.2) is 0 Å². The lowest BCUT2D eigenvalue weighted by atomic mass is 10.0. The van der Waals surface area contributed by atoms with E-state index < -0.39 is 0 Å². The van der Waals surface area contributed by atoms with Gasteiger partial charge in [-0.05, 0) is 39.9 Å². The van der Waals surface area contributed by atoms with Crippen LogP contribution in [0, 0.1) is 0 Å². The molecule has 2 aliphatic rings. The zero-order valence-electron chi connectivity index (χ0n) is 11.5. The Labute approximate surface area is 109 Å². The van der Waals surface area contributed by atoms with Crippen molar-refractivity contribution in [3.63, 3.8) is 0 Å². The van der Waals surface area contributed by atoms with Gasteiger partial charge in [0.1, 0.15) is 6.04 Å². The van der Waals surface area contributed by atoms with E-state index in [-0.39, 0.29) is 12.0 Å². The van der Waals surface area contributed by atoms with E-state index >= 15 is 0 Å². The normalized spacial score (nSPS) is 28.2. The molecular weight excluding hydrogens is 230 g/mol. The van der Waals surface area contributed by atoms with Crippen LogP contribution < -0.4 is 5.32 Å². The molecule has 2 saturated heterocycles. The average Bonchev–Trinajstić information content (AvgIpc) is 2.40. The fraction of sp³-hybridized carbons (Fsp3) is 0.923. The minimum Gasteiger partial charge on any atom is -0.465 e. The zero-order chi connectivity index (χ0) is 13.0. The second-order valence-corrected chi connectivity index (χ2v) is 5.25. The number of hydrogen-bond donors (Lipinski definition) is 1. The number of ether oxygens (including phenoxy) is 1. The SMILES string of the molecule is CCOC(=O)[C@@H]1CN(C)CCN1C1CCNCC1. The van der Waals surface area contributed by atoms with Crippen LogP contribution in [0.4, 0.5) is 0 Å². The fourth-order valence-electron chi connectivity index (χ4n) is 2.96. The number of hydrogen-bond acceptors (Lipinski definition) is 5. The summed E-state index contributed by atoms with van der Waals surface area (Å²) in [7, 11) is 2.08. The molecule has 0 amide bonds. The largest absolute Gasteiger partial charge is 0.465 e. The molecule has 0 spiro atoms. The van der Waals surface area contributed by atoms with Crippen LogP contribution in [0.1, 0.15) is 19.8 Å². The predicted octanol–water partition coefficient (Wildman–Crippen LogP) is -0.0825. The highest BCUT2D eigenvalue weighted by Crippen LogP contribution is 2.19. The number of piperidine rings is 1. The zero-order valence-corrected chi connectivity index (χ0v) is 11.5. The highest BCUT2D eigenvalue weighted by Gasteiger charge is 2.36. The molecule has 2 aliphatic heterocycles. The molecule has 0 aromatic carbocycles. The fourth-order valence-corrected chi connectivity index (χ4v) is 2.96. The molecule has 5 nitrogen and oxygen atoms in total. The van der Waals surface area contributed by atoms with E-state index in [2.05, 4.69) is 22.2 Å². The van der Waals surface area contributed by atoms with Gasteiger partial charge in [0.25, 0.3) is 0 Å². The van der Waals surface area contributed by atoms with Crippen LogP contribution in [-0.2, 0) is 9.53 Å². The van der Waals surface area contributed by atoms with Gasteiger partial charge in [-0.3, -0.25) is 9.69 Å². The molecule has 2 heterocycles. The molecule has 0 unspecified atom stereocenters. The predicted molar refractivity (Wildman–Crippen MR) is 70.5 cm³/mol. The summed E-state index contributed by atoms with van der Waals surface area (Å²) in [6, 6.07) is 0.459. The van der Waals surface area contributed by atoms with Gasteiger partial charge in [-0.25, -0.2) is 0 Å². The van der Waals surface area contributed by atoms with Gasteiger partial charge in [-0.1, -0.05) is 0 Å². The van der Waals surface area contributed by atoms with E-state index in [9.17, 15) is 4.79 Å². The number of likely N-dealkylation sites (N-methyl/N-ethyl adjacent to an activating group) is 1. The molecule has 0 aliphatic carbocycles. The molecule has 104 valence electrons. The van der Waals surface area contributed by atoms with Crippen molar-refractivity contribution >= 4 is 5.97 Å². The summed E-state index contributed by atoms with van der Waals surface area (Å²) in [6.45, 7) is 7.28. The molecular formula is C13H25N3O2. The Morgan fingerprint density at radius 3 is 2.72 bits per heavy atom. The number of nitrogens with one attached hydrogen (secondary N) is 1. The van der Waals surface area contributed by atoms with Crippen molar-refractivity contribution < 1.29 is 9.53 Å². The van der Waals surface area contributed by atoms with E-state index in [1.807, 2.05) is 6.92 Å². The highest BCUT2D eigenvalue weighted by atomic mass is 16.5. The van der Waals surface area contributed by atoms with E-state index in [4.69, 9.17) is 4.74 Å². The van der Waals surface area contributed by atoms with Crippen molar-refractivity contribution in [2.75, 3.05) is 46.4 Å². The Morgan fingerprint density at radius 1 is 1.33 bits per heavy atom. The van der Waals surface area contributed by atoms with Crippen LogP contribution in [0.25, 0.3) is 0 Å². The van der Waals surface area contributed by atoms with Gasteiger partial charge in [0.2, 0.25) is 0 Å². The lowest BCUT2D eigenvalue weighted by Crippen LogP contribution is -2.60. The van der Waals surface area contributed by atoms with E-state index in [0.29, 0.717) is 12.6 Å². The summed E-state index contributed by atoms with van der Waals surface area (Å²) in [5, 5.41) is 3.38. The highest BCUT2D eigenvalue weighted by molar-refractivity contribution is 5.76. The third kappa shape index (κ3) is 3.22. The van der Waals surface area contributed by atoms with E-state index in [1.54, 1.807) is 0 Å². The number of piperazine rings is 1. The van der Waals surface area contributed by atoms with Gasteiger partial charge in [-0.2, -0.15) is 0 Å². The molecule has 5 heteroatoms. The number of esters is 1. The number of carbonyl (C=O) groups excluding carboxylic acids is 1. The van der Waals surface area contributed by atoms with Gasteiger partial charge >= 0.3 is 5.97 Å². The molecule has 0 aromatic rings. The summed E-state index contributed by atoms with van der Waals surface area (Å²) >= 11 is 0. The Balaban J connectivity index is 2.02. The molecule has 0 bridgehead atoms. The van der Waals surface area contributed by atoms with Gasteiger partial charge in [0.15, 0.2) is 0 Å². The monoisotopic (exact) mass is 255 g/mol. The van der Waals surface area contributed by atoms with Gasteiger partial charge in [0, 0.05) is 25.7 Å². The molecule has 1 N–H and O–H groups in total. The lowest BCUT2D eigenvalue weighted by molar-refractivity contribution is -0.153. The standard InChI is InChI=1S/C13H25N3O2/c1-3-18-13(17)12-10-15(2)8-9-16(12)11-4-6-14-7-5-11/h11-12,14H,3-10H2,1-2H3/t12-/m0/s1. The van der Waals surface area contributed by atoms with E-state index in [0.717, 1.165) is 45.6 Å². The summed E-state index contributed by atoms with van der Waals surface area (Å²) < 4.78 is 5.23. The van der Waals surface area contributed by atoms with Crippen molar-refractivity contribution in [2.45, 2.75) is 31.8 Å². The van der Waals surface area contributed by atoms with Crippen molar-refractivity contribution in [1.82, 2.24) is 15.1 Å². The van der Waals surface area contributed by atoms with Crippen LogP contribution >= 0.6 is 0 Å². The summed E-state index contributed by atoms with van der Waals surface area (Å²) in [5.41, 5.74) is 0. The Hall–Kier alpha value is -0.650. The van der Waals surface area contributed by atoms with Crippen LogP contribution in [0.5, 0.6) is 0 Å². The second-order valence-electron chi connectivity index (χ2n) is 5.25. The van der Waals surface area contributed by atoms with Crippen LogP contribution in [-0.4, -0.2) is 74.2 Å². The smallest absolute Gasteiger partial charge is 0.324 e. The molecule has 2 fully saturated rings. The van der Waals surface area contributed by atoms with Crippen molar-refractivity contribution in [3.8, 4) is 0 Å². The maximum atomic E-state index is 12.1. The first-order valence-electron chi connectivity index (χ1n) is 7.04. The van der Waals surface area contributed by atoms with Crippen LogP contribution in [0.2, 0.25) is 0 Å². The second kappa shape index (κ2) is 6.50. The number of carbonyl (C=O) groups is 1. The molecule has 2 rings (SSSR count). The maximum Gasteiger partial charge on any atom is 0.324 e. The minimum absolute atomic E-state index is 0.0532. The quantitative estimate of drug-likeness (QED) is 0.715. The third-order valence-electron chi connectivity index (χ3n) is 3.96. The maximum absolute atomic E-state index is 12.1. The third-order valence-corrected chi connectivity index (χ3v) is 3.96. The molecule has 0 radical (unpaired) electrons. The Kier molecular flexibility index (Phi) is 4.97. The Bertz CT molecular complexity index is 279. The number of rotatable bonds is 3. The summed E-state index contributed by atoms with van der Waals surface area (Å²) in [5.74, 6) is -0.0532. The Morgan fingerprint density at radius 2 is 2.06 bits per heavy atom. The lowest BCUT2D eigenvalue weighted by Gasteiger charge is -2.44. The van der Waals surface area contributed by atoms with Gasteiger partial charge in [-0.15, -0.1) is 0 Å². The van der Waals surface area contributed by atoms with Crippen molar-refractivity contribution in [2.24, 2.45) is 0 Å².